The average Bonchev–Trinajstić information content (AvgIpc) is 3.33. The summed E-state index contributed by atoms with van der Waals surface area (Å²) in [7, 11) is 0. The summed E-state index contributed by atoms with van der Waals surface area (Å²) in [6, 6.07) is 26.2. The van der Waals surface area contributed by atoms with Gasteiger partial charge in [0.05, 0.1) is 11.4 Å². The number of nitrogens with one attached hydrogen (secondary N) is 2. The van der Waals surface area contributed by atoms with E-state index in [1.54, 1.807) is 30.3 Å². The quantitative estimate of drug-likeness (QED) is 0.322. The molecule has 0 spiro atoms. The predicted octanol–water partition coefficient (Wildman–Crippen LogP) is 6.08. The van der Waals surface area contributed by atoms with E-state index in [0.29, 0.717) is 22.8 Å². The molecule has 4 aromatic carbocycles. The van der Waals surface area contributed by atoms with Crippen molar-refractivity contribution in [2.75, 3.05) is 17.2 Å². The molecule has 6 heteroatoms. The third kappa shape index (κ3) is 4.12. The van der Waals surface area contributed by atoms with Crippen LogP contribution in [0.25, 0.3) is 11.1 Å². The van der Waals surface area contributed by atoms with Gasteiger partial charge in [-0.1, -0.05) is 48.0 Å². The Labute approximate surface area is 214 Å². The van der Waals surface area contributed by atoms with Crippen molar-refractivity contribution in [1.29, 1.82) is 0 Å². The molecule has 1 atom stereocenters. The number of fused-ring (bicyclic) bond motifs is 2. The molecule has 36 heavy (non-hydrogen) atoms. The van der Waals surface area contributed by atoms with Gasteiger partial charge >= 0.3 is 0 Å². The Balaban J connectivity index is 1.45. The molecule has 178 valence electrons. The minimum absolute atomic E-state index is 0.165. The average molecular weight is 494 g/mol. The highest BCUT2D eigenvalue weighted by Gasteiger charge is 2.27. The fourth-order valence-electron chi connectivity index (χ4n) is 5.07. The Bertz CT molecular complexity index is 1510. The van der Waals surface area contributed by atoms with Crippen LogP contribution >= 0.6 is 11.6 Å². The molecule has 5 nitrogen and oxygen atoms in total. The van der Waals surface area contributed by atoms with Crippen molar-refractivity contribution < 1.29 is 9.90 Å². The van der Waals surface area contributed by atoms with Crippen LogP contribution < -0.4 is 10.6 Å². The van der Waals surface area contributed by atoms with Gasteiger partial charge in [0.15, 0.2) is 0 Å². The minimum Gasteiger partial charge on any atom is -0.508 e. The van der Waals surface area contributed by atoms with Crippen LogP contribution in [0.4, 0.5) is 11.4 Å². The number of benzene rings is 4. The summed E-state index contributed by atoms with van der Waals surface area (Å²) in [5, 5.41) is 16.9. The summed E-state index contributed by atoms with van der Waals surface area (Å²) < 4.78 is 0. The van der Waals surface area contributed by atoms with E-state index in [1.807, 2.05) is 24.3 Å². The maximum absolute atomic E-state index is 13.4. The monoisotopic (exact) mass is 493 g/mol. The van der Waals surface area contributed by atoms with Crippen molar-refractivity contribution in [3.05, 3.63) is 112 Å². The molecule has 2 aliphatic rings. The lowest BCUT2D eigenvalue weighted by Crippen LogP contribution is -2.27. The van der Waals surface area contributed by atoms with Gasteiger partial charge in [-0.05, 0) is 77.2 Å². The van der Waals surface area contributed by atoms with Gasteiger partial charge in [0, 0.05) is 34.8 Å². The van der Waals surface area contributed by atoms with Crippen molar-refractivity contribution >= 4 is 34.6 Å². The number of aromatic hydroxyl groups is 1. The van der Waals surface area contributed by atoms with Crippen LogP contribution in [-0.4, -0.2) is 29.3 Å². The normalized spacial score (nSPS) is 16.3. The van der Waals surface area contributed by atoms with E-state index < -0.39 is 6.04 Å². The molecule has 6 rings (SSSR count). The second-order valence-electron chi connectivity index (χ2n) is 9.09. The van der Waals surface area contributed by atoms with E-state index in [4.69, 9.17) is 16.6 Å². The number of carbonyl (C=O) groups is 1. The Morgan fingerprint density at radius 3 is 2.56 bits per heavy atom. The summed E-state index contributed by atoms with van der Waals surface area (Å²) >= 11 is 6.33. The molecule has 0 fully saturated rings. The number of anilines is 2. The van der Waals surface area contributed by atoms with Crippen molar-refractivity contribution in [2.24, 2.45) is 4.99 Å². The lowest BCUT2D eigenvalue weighted by atomic mass is 9.91. The number of phenols is 1. The second kappa shape index (κ2) is 9.17. The summed E-state index contributed by atoms with van der Waals surface area (Å²) in [4.78, 5) is 18.4. The van der Waals surface area contributed by atoms with E-state index in [-0.39, 0.29) is 11.7 Å². The molecule has 1 unspecified atom stereocenters. The van der Waals surface area contributed by atoms with E-state index in [9.17, 15) is 9.90 Å². The van der Waals surface area contributed by atoms with Crippen LogP contribution in [0.1, 0.15) is 22.3 Å². The van der Waals surface area contributed by atoms with Crippen molar-refractivity contribution in [3.8, 4) is 16.9 Å². The lowest BCUT2D eigenvalue weighted by molar-refractivity contribution is -0.117. The van der Waals surface area contributed by atoms with Gasteiger partial charge in [-0.2, -0.15) is 0 Å². The number of halogens is 1. The molecule has 3 N–H and O–H groups in total. The highest BCUT2D eigenvalue weighted by Crippen LogP contribution is 2.36. The molecular weight excluding hydrogens is 470 g/mol. The smallest absolute Gasteiger partial charge is 0.249 e. The molecule has 0 radical (unpaired) electrons. The number of benzodiazepines with no additional fused rings is 1. The van der Waals surface area contributed by atoms with Gasteiger partial charge in [-0.15, -0.1) is 0 Å². The van der Waals surface area contributed by atoms with Crippen LogP contribution in [0.5, 0.6) is 5.75 Å². The van der Waals surface area contributed by atoms with Gasteiger partial charge in [0.1, 0.15) is 11.8 Å². The second-order valence-corrected chi connectivity index (χ2v) is 9.53. The number of hydrogen-bond donors (Lipinski definition) is 3. The molecule has 1 amide bonds. The molecule has 0 bridgehead atoms. The third-order valence-electron chi connectivity index (χ3n) is 6.81. The Morgan fingerprint density at radius 2 is 1.69 bits per heavy atom. The maximum Gasteiger partial charge on any atom is 0.249 e. The van der Waals surface area contributed by atoms with E-state index >= 15 is 0 Å². The van der Waals surface area contributed by atoms with Crippen LogP contribution in [0.2, 0.25) is 5.02 Å². The number of rotatable bonds is 4. The standard InChI is InChI=1S/C30H24ClN3O2/c31-20-10-13-27-25(17-20)29(18-8-11-21(35)12-9-18)33-28(30(36)34-27)16-19-4-1-2-5-22(19)23-6-3-7-26-24(23)14-15-32-26/h1-13,17,28,32,35H,14-16H2,(H,34,36). The van der Waals surface area contributed by atoms with Crippen molar-refractivity contribution in [3.63, 3.8) is 0 Å². The molecule has 0 aliphatic carbocycles. The number of nitrogens with zero attached hydrogens (tertiary/aromatic N) is 1. The number of hydrogen-bond acceptors (Lipinski definition) is 4. The third-order valence-corrected chi connectivity index (χ3v) is 7.05. The largest absolute Gasteiger partial charge is 0.508 e. The van der Waals surface area contributed by atoms with Crippen LogP contribution in [-0.2, 0) is 17.6 Å². The zero-order chi connectivity index (χ0) is 24.6. The Morgan fingerprint density at radius 1 is 0.889 bits per heavy atom. The maximum atomic E-state index is 13.4. The highest BCUT2D eigenvalue weighted by molar-refractivity contribution is 6.32. The number of aliphatic imine (C=N–C) groups is 1. The van der Waals surface area contributed by atoms with Crippen molar-refractivity contribution in [2.45, 2.75) is 18.9 Å². The van der Waals surface area contributed by atoms with E-state index in [2.05, 4.69) is 41.0 Å². The lowest BCUT2D eigenvalue weighted by Gasteiger charge is -2.16. The first kappa shape index (κ1) is 22.4. The number of carbonyl (C=O) groups excluding carboxylic acids is 1. The van der Waals surface area contributed by atoms with Gasteiger partial charge in [0.2, 0.25) is 5.91 Å². The van der Waals surface area contributed by atoms with Gasteiger partial charge in [-0.25, -0.2) is 0 Å². The summed E-state index contributed by atoms with van der Waals surface area (Å²) in [6.07, 6.45) is 1.42. The van der Waals surface area contributed by atoms with Crippen molar-refractivity contribution in [1.82, 2.24) is 0 Å². The van der Waals surface area contributed by atoms with Gasteiger partial charge in [-0.3, -0.25) is 9.79 Å². The number of phenolic OH excluding ortho intramolecular Hbond substituents is 1. The first-order chi connectivity index (χ1) is 17.6. The van der Waals surface area contributed by atoms with Gasteiger partial charge in [0.25, 0.3) is 0 Å². The molecular formula is C30H24ClN3O2. The fraction of sp³-hybridized carbons (Fsp3) is 0.133. The topological polar surface area (TPSA) is 73.7 Å². The first-order valence-electron chi connectivity index (χ1n) is 12.0. The molecule has 0 saturated heterocycles. The highest BCUT2D eigenvalue weighted by atomic mass is 35.5. The van der Waals surface area contributed by atoms with E-state index in [0.717, 1.165) is 35.2 Å². The van der Waals surface area contributed by atoms with Crippen LogP contribution in [0.15, 0.2) is 89.9 Å². The summed E-state index contributed by atoms with van der Waals surface area (Å²) in [5.41, 5.74) is 8.76. The fourth-order valence-corrected chi connectivity index (χ4v) is 5.25. The Hall–Kier alpha value is -4.09. The summed E-state index contributed by atoms with van der Waals surface area (Å²) in [6.45, 7) is 0.931. The molecule has 2 heterocycles. The van der Waals surface area contributed by atoms with Crippen LogP contribution in [0, 0.1) is 0 Å². The molecule has 2 aliphatic heterocycles. The molecule has 0 aromatic heterocycles. The zero-order valence-corrected chi connectivity index (χ0v) is 20.2. The molecule has 0 saturated carbocycles. The number of amides is 1. The predicted molar refractivity (Wildman–Crippen MR) is 145 cm³/mol. The zero-order valence-electron chi connectivity index (χ0n) is 19.5. The summed E-state index contributed by atoms with van der Waals surface area (Å²) in [5.74, 6) is 0.00552. The first-order valence-corrected chi connectivity index (χ1v) is 12.4. The molecule has 4 aromatic rings. The Kier molecular flexibility index (Phi) is 5.70. The minimum atomic E-state index is -0.643. The SMILES string of the molecule is O=C1Nc2ccc(Cl)cc2C(c2ccc(O)cc2)=NC1Cc1ccccc1-c1cccc2c1CCN2. The van der Waals surface area contributed by atoms with Gasteiger partial charge < -0.3 is 15.7 Å². The van der Waals surface area contributed by atoms with Crippen LogP contribution in [0.3, 0.4) is 0 Å². The van der Waals surface area contributed by atoms with E-state index in [1.165, 1.54) is 16.8 Å².